The lowest BCUT2D eigenvalue weighted by Gasteiger charge is -2.37. The first-order valence-electron chi connectivity index (χ1n) is 7.70. The molecule has 0 saturated carbocycles. The highest BCUT2D eigenvalue weighted by Gasteiger charge is 2.39. The SMILES string of the molecule is C=S1=CC2=C(N3CCN(C)CC3)C=CN=C3C=CC=CC32C=1. The van der Waals surface area contributed by atoms with Crippen LogP contribution in [0.15, 0.2) is 52.8 Å². The van der Waals surface area contributed by atoms with Gasteiger partial charge in [0.25, 0.3) is 0 Å². The first-order chi connectivity index (χ1) is 10.7. The van der Waals surface area contributed by atoms with Gasteiger partial charge in [-0.2, -0.15) is 0 Å². The van der Waals surface area contributed by atoms with Gasteiger partial charge < -0.3 is 9.80 Å². The molecule has 1 saturated heterocycles. The summed E-state index contributed by atoms with van der Waals surface area (Å²) in [4.78, 5) is 9.61. The van der Waals surface area contributed by atoms with Crippen molar-refractivity contribution < 1.29 is 0 Å². The van der Waals surface area contributed by atoms with Gasteiger partial charge in [-0.3, -0.25) is 4.99 Å². The van der Waals surface area contributed by atoms with E-state index in [0.29, 0.717) is 0 Å². The van der Waals surface area contributed by atoms with Crippen molar-refractivity contribution in [2.75, 3.05) is 33.2 Å². The molecule has 0 aromatic heterocycles. The maximum Gasteiger partial charge on any atom is 0.0852 e. The second kappa shape index (κ2) is 5.14. The molecule has 1 unspecified atom stereocenters. The van der Waals surface area contributed by atoms with Crippen molar-refractivity contribution in [3.8, 4) is 0 Å². The maximum absolute atomic E-state index is 4.72. The lowest BCUT2D eigenvalue weighted by atomic mass is 9.75. The Kier molecular flexibility index (Phi) is 3.24. The number of aliphatic imine (C=N–C) groups is 1. The van der Waals surface area contributed by atoms with Gasteiger partial charge in [0.2, 0.25) is 0 Å². The third-order valence-electron chi connectivity index (χ3n) is 4.77. The molecule has 4 heteroatoms. The molecule has 1 aliphatic carbocycles. The Balaban J connectivity index is 1.85. The summed E-state index contributed by atoms with van der Waals surface area (Å²) in [7, 11) is 2.14. The first kappa shape index (κ1) is 13.9. The standard InChI is InChI=1S/C18H21N3S/c1-20-9-11-21(12-10-20)16-6-8-19-17-5-3-4-7-18(17)14-22(2)13-15(16)18/h3-8,13-14H,2,9-12H2,1H3. The quantitative estimate of drug-likeness (QED) is 0.689. The zero-order chi connectivity index (χ0) is 15.2. The number of hydrogen-bond acceptors (Lipinski definition) is 3. The molecule has 1 atom stereocenters. The summed E-state index contributed by atoms with van der Waals surface area (Å²) in [5, 5.41) is 4.69. The third-order valence-corrected chi connectivity index (χ3v) is 5.98. The summed E-state index contributed by atoms with van der Waals surface area (Å²) < 4.78 is 0. The van der Waals surface area contributed by atoms with E-state index in [9.17, 15) is 0 Å². The highest BCUT2D eigenvalue weighted by atomic mass is 32.1. The molecular formula is C18H21N3S. The molecule has 0 aromatic rings. The lowest BCUT2D eigenvalue weighted by molar-refractivity contribution is 0.189. The zero-order valence-electron chi connectivity index (χ0n) is 12.9. The topological polar surface area (TPSA) is 18.8 Å². The van der Waals surface area contributed by atoms with Gasteiger partial charge in [-0.15, -0.1) is 0 Å². The second-order valence-corrected chi connectivity index (χ2v) is 7.62. The highest BCUT2D eigenvalue weighted by Crippen LogP contribution is 2.40. The number of allylic oxidation sites excluding steroid dienone is 6. The minimum absolute atomic E-state index is 0.0550. The largest absolute Gasteiger partial charge is 0.369 e. The molecule has 0 amide bonds. The van der Waals surface area contributed by atoms with Crippen LogP contribution < -0.4 is 0 Å². The molecule has 0 aromatic carbocycles. The van der Waals surface area contributed by atoms with Crippen LogP contribution in [-0.4, -0.2) is 65.3 Å². The molecule has 0 radical (unpaired) electrons. The van der Waals surface area contributed by atoms with Crippen molar-refractivity contribution in [1.29, 1.82) is 0 Å². The highest BCUT2D eigenvalue weighted by molar-refractivity contribution is 8.11. The van der Waals surface area contributed by atoms with Gasteiger partial charge in [0.15, 0.2) is 0 Å². The van der Waals surface area contributed by atoms with Gasteiger partial charge in [-0.25, -0.2) is 9.66 Å². The van der Waals surface area contributed by atoms with Gasteiger partial charge in [0.05, 0.1) is 11.1 Å². The molecule has 3 aliphatic heterocycles. The average Bonchev–Trinajstić information content (AvgIpc) is 2.75. The van der Waals surface area contributed by atoms with Crippen LogP contribution in [0, 0.1) is 5.41 Å². The number of likely N-dealkylation sites (N-methyl/N-ethyl adjacent to an activating group) is 1. The zero-order valence-corrected chi connectivity index (χ0v) is 13.7. The van der Waals surface area contributed by atoms with E-state index in [2.05, 4.69) is 63.8 Å². The van der Waals surface area contributed by atoms with Crippen molar-refractivity contribution in [3.05, 3.63) is 47.9 Å². The first-order valence-corrected chi connectivity index (χ1v) is 9.22. The van der Waals surface area contributed by atoms with Crippen LogP contribution in [-0.2, 0) is 0 Å². The van der Waals surface area contributed by atoms with E-state index in [0.717, 1.165) is 31.9 Å². The Bertz CT molecular complexity index is 799. The van der Waals surface area contributed by atoms with E-state index in [1.165, 1.54) is 11.3 Å². The van der Waals surface area contributed by atoms with Crippen molar-refractivity contribution in [2.24, 2.45) is 10.4 Å². The maximum atomic E-state index is 4.72. The molecule has 3 heterocycles. The van der Waals surface area contributed by atoms with Gasteiger partial charge in [-0.1, -0.05) is 24.1 Å². The van der Waals surface area contributed by atoms with E-state index < -0.39 is 0 Å². The van der Waals surface area contributed by atoms with Crippen LogP contribution in [0.5, 0.6) is 0 Å². The predicted molar refractivity (Wildman–Crippen MR) is 100 cm³/mol. The molecule has 22 heavy (non-hydrogen) atoms. The molecule has 4 aliphatic rings. The summed E-state index contributed by atoms with van der Waals surface area (Å²) in [5.74, 6) is 4.29. The summed E-state index contributed by atoms with van der Waals surface area (Å²) >= 11 is 0. The fourth-order valence-electron chi connectivity index (χ4n) is 3.51. The Hall–Kier alpha value is -1.78. The van der Waals surface area contributed by atoms with E-state index in [1.807, 2.05) is 6.20 Å². The van der Waals surface area contributed by atoms with Crippen molar-refractivity contribution in [3.63, 3.8) is 0 Å². The minimum Gasteiger partial charge on any atom is -0.369 e. The Morgan fingerprint density at radius 1 is 1.18 bits per heavy atom. The molecule has 1 spiro atoms. The van der Waals surface area contributed by atoms with Gasteiger partial charge in [-0.05, 0) is 29.9 Å². The van der Waals surface area contributed by atoms with Crippen LogP contribution in [0.3, 0.4) is 0 Å². The Morgan fingerprint density at radius 2 is 2.00 bits per heavy atom. The van der Waals surface area contributed by atoms with Crippen LogP contribution in [0.1, 0.15) is 0 Å². The summed E-state index contributed by atoms with van der Waals surface area (Å²) in [5.41, 5.74) is 3.62. The number of hydrogen-bond donors (Lipinski definition) is 0. The van der Waals surface area contributed by atoms with E-state index in [4.69, 9.17) is 4.99 Å². The van der Waals surface area contributed by atoms with Crippen LogP contribution in [0.4, 0.5) is 0 Å². The summed E-state index contributed by atoms with van der Waals surface area (Å²) in [6, 6.07) is 0. The second-order valence-electron chi connectivity index (χ2n) is 6.21. The monoisotopic (exact) mass is 311 g/mol. The smallest absolute Gasteiger partial charge is 0.0852 e. The summed E-state index contributed by atoms with van der Waals surface area (Å²) in [6.45, 7) is 4.37. The minimum atomic E-state index is -0.179. The Morgan fingerprint density at radius 3 is 2.82 bits per heavy atom. The average molecular weight is 311 g/mol. The van der Waals surface area contributed by atoms with Gasteiger partial charge in [0.1, 0.15) is 0 Å². The predicted octanol–water partition coefficient (Wildman–Crippen LogP) is 1.89. The molecular weight excluding hydrogens is 290 g/mol. The number of piperazine rings is 1. The van der Waals surface area contributed by atoms with E-state index in [-0.39, 0.29) is 15.1 Å². The Labute approximate surface area is 133 Å². The molecule has 1 fully saturated rings. The van der Waals surface area contributed by atoms with E-state index in [1.54, 1.807) is 0 Å². The normalized spacial score (nSPS) is 30.5. The number of rotatable bonds is 1. The molecule has 4 rings (SSSR count). The molecule has 0 N–H and O–H groups in total. The van der Waals surface area contributed by atoms with Crippen molar-refractivity contribution in [2.45, 2.75) is 0 Å². The van der Waals surface area contributed by atoms with Gasteiger partial charge >= 0.3 is 0 Å². The van der Waals surface area contributed by atoms with Crippen molar-refractivity contribution in [1.82, 2.24) is 9.80 Å². The molecule has 114 valence electrons. The lowest BCUT2D eigenvalue weighted by Crippen LogP contribution is -2.44. The fourth-order valence-corrected chi connectivity index (χ4v) is 5.00. The summed E-state index contributed by atoms with van der Waals surface area (Å²) in [6.07, 6.45) is 12.8. The fraction of sp³-hybridized carbons (Fsp3) is 0.333. The molecule has 0 bridgehead atoms. The van der Waals surface area contributed by atoms with E-state index >= 15 is 0 Å². The number of nitrogens with zero attached hydrogens (tertiary/aromatic N) is 3. The van der Waals surface area contributed by atoms with Crippen LogP contribution >= 0.6 is 9.66 Å². The van der Waals surface area contributed by atoms with Crippen molar-refractivity contribution >= 4 is 32.0 Å². The molecule has 3 nitrogen and oxygen atoms in total. The van der Waals surface area contributed by atoms with Crippen LogP contribution in [0.25, 0.3) is 0 Å². The third kappa shape index (κ3) is 2.06. The van der Waals surface area contributed by atoms with Crippen LogP contribution in [0.2, 0.25) is 0 Å². The van der Waals surface area contributed by atoms with Gasteiger partial charge in [0, 0.05) is 43.6 Å².